The van der Waals surface area contributed by atoms with Gasteiger partial charge < -0.3 is 35.7 Å². The van der Waals surface area contributed by atoms with Crippen LogP contribution in [0.5, 0.6) is 0 Å². The zero-order valence-electron chi connectivity index (χ0n) is 21.2. The van der Waals surface area contributed by atoms with E-state index in [1.54, 1.807) is 12.7 Å². The average Bonchev–Trinajstić information content (AvgIpc) is 3.55. The number of aromatic nitrogens is 4. The number of nitrogens with two attached hydrogens (primary N) is 1. The smallest absolute Gasteiger partial charge is 0.159 e. The summed E-state index contributed by atoms with van der Waals surface area (Å²) in [4.78, 5) is 26.9. The topological polar surface area (TPSA) is 117 Å². The Morgan fingerprint density at radius 1 is 1.17 bits per heavy atom. The Bertz CT molecular complexity index is 1200. The third-order valence-corrected chi connectivity index (χ3v) is 7.32. The molecule has 1 fully saturated rings. The number of piperidine rings is 1. The molecule has 1 aromatic carbocycles. The van der Waals surface area contributed by atoms with Gasteiger partial charge in [-0.15, -0.1) is 0 Å². The molecular weight excluding hydrogens is 452 g/mol. The number of likely N-dealkylation sites (tertiary alicyclic amines) is 1. The fourth-order valence-corrected chi connectivity index (χ4v) is 5.10. The van der Waals surface area contributed by atoms with Crippen molar-refractivity contribution in [2.75, 3.05) is 49.2 Å². The van der Waals surface area contributed by atoms with Gasteiger partial charge in [-0.25, -0.2) is 15.0 Å². The molecular formula is C26H36N10. The number of imidazole rings is 2. The summed E-state index contributed by atoms with van der Waals surface area (Å²) in [6, 6.07) is 9.05. The van der Waals surface area contributed by atoms with Gasteiger partial charge in [-0.05, 0) is 43.7 Å². The van der Waals surface area contributed by atoms with Crippen LogP contribution in [-0.2, 0) is 13.0 Å². The number of hydrogen-bond donors (Lipinski definition) is 4. The number of H-pyrrole nitrogens is 2. The number of nitrogens with one attached hydrogen (secondary N) is 3. The molecule has 2 aromatic heterocycles. The number of fused-ring (bicyclic) bond motifs is 1. The van der Waals surface area contributed by atoms with E-state index in [0.29, 0.717) is 35.8 Å². The summed E-state index contributed by atoms with van der Waals surface area (Å²) in [6.45, 7) is 11.3. The molecule has 4 heterocycles. The van der Waals surface area contributed by atoms with Crippen LogP contribution in [0.1, 0.15) is 36.8 Å². The van der Waals surface area contributed by atoms with Gasteiger partial charge in [0.1, 0.15) is 11.5 Å². The summed E-state index contributed by atoms with van der Waals surface area (Å²) in [5, 5.41) is 3.34. The standard InChI is InChI=1S/C26H36N10/c1-4-35-12-9-21(10-13-35)34(3)20-7-5-19(6-8-20)32-18(2)33-26(24-25(27)31-17-30-24)36-14-11-22-23(15-36)29-16-28-22/h5-8,16-17,21,32H,2,4,9-15,27H2,1,3H3,(H,28,29)(H,30,31). The summed E-state index contributed by atoms with van der Waals surface area (Å²) >= 11 is 0. The minimum atomic E-state index is 0.411. The fraction of sp³-hybridized carbons (Fsp3) is 0.423. The summed E-state index contributed by atoms with van der Waals surface area (Å²) < 4.78 is 0. The minimum absolute atomic E-state index is 0.411. The lowest BCUT2D eigenvalue weighted by Crippen LogP contribution is -2.43. The van der Waals surface area contributed by atoms with E-state index >= 15 is 0 Å². The Balaban J connectivity index is 1.28. The summed E-state index contributed by atoms with van der Waals surface area (Å²) in [5.74, 6) is 1.65. The Hall–Kier alpha value is -3.79. The quantitative estimate of drug-likeness (QED) is 0.298. The van der Waals surface area contributed by atoms with Crippen LogP contribution in [0.3, 0.4) is 0 Å². The number of hydrogen-bond acceptors (Lipinski definition) is 7. The third kappa shape index (κ3) is 5.08. The molecule has 0 bridgehead atoms. The predicted octanol–water partition coefficient (Wildman–Crippen LogP) is 3.02. The normalized spacial score (nSPS) is 17.2. The molecule has 2 aliphatic rings. The second kappa shape index (κ2) is 10.4. The molecule has 10 nitrogen and oxygen atoms in total. The van der Waals surface area contributed by atoms with E-state index in [9.17, 15) is 0 Å². The van der Waals surface area contributed by atoms with E-state index in [2.05, 4.69) is 84.8 Å². The Labute approximate surface area is 212 Å². The predicted molar refractivity (Wildman–Crippen MR) is 145 cm³/mol. The van der Waals surface area contributed by atoms with Crippen molar-refractivity contribution in [2.45, 2.75) is 38.8 Å². The number of nitrogen functional groups attached to an aromatic ring is 1. The molecule has 190 valence electrons. The van der Waals surface area contributed by atoms with Crippen molar-refractivity contribution < 1.29 is 0 Å². The Morgan fingerprint density at radius 3 is 2.61 bits per heavy atom. The van der Waals surface area contributed by atoms with E-state index in [4.69, 9.17) is 10.7 Å². The van der Waals surface area contributed by atoms with Crippen LogP contribution in [0.4, 0.5) is 17.2 Å². The van der Waals surface area contributed by atoms with Gasteiger partial charge in [-0.2, -0.15) is 0 Å². The van der Waals surface area contributed by atoms with Gasteiger partial charge in [0.15, 0.2) is 11.7 Å². The van der Waals surface area contributed by atoms with Crippen molar-refractivity contribution in [1.82, 2.24) is 29.7 Å². The summed E-state index contributed by atoms with van der Waals surface area (Å²) in [7, 11) is 2.20. The molecule has 0 radical (unpaired) electrons. The van der Waals surface area contributed by atoms with Crippen LogP contribution < -0.4 is 16.0 Å². The van der Waals surface area contributed by atoms with Crippen LogP contribution in [0.25, 0.3) is 0 Å². The van der Waals surface area contributed by atoms with Gasteiger partial charge in [0.05, 0.1) is 30.6 Å². The molecule has 10 heteroatoms. The lowest BCUT2D eigenvalue weighted by molar-refractivity contribution is 0.221. The molecule has 0 saturated carbocycles. The van der Waals surface area contributed by atoms with Crippen molar-refractivity contribution in [2.24, 2.45) is 4.99 Å². The first-order chi connectivity index (χ1) is 17.5. The van der Waals surface area contributed by atoms with Crippen molar-refractivity contribution in [3.8, 4) is 0 Å². The van der Waals surface area contributed by atoms with E-state index in [1.165, 1.54) is 31.6 Å². The SMILES string of the molecule is C=C(N=C(c1[nH]cnc1N)N1CCc2nc[nH]c2C1)Nc1ccc(N(C)C2CCN(CC)CC2)cc1. The lowest BCUT2D eigenvalue weighted by atomic mass is 10.0. The third-order valence-electron chi connectivity index (χ3n) is 7.32. The van der Waals surface area contributed by atoms with Gasteiger partial charge in [0.2, 0.25) is 0 Å². The number of anilines is 3. The second-order valence-corrected chi connectivity index (χ2v) is 9.49. The second-order valence-electron chi connectivity index (χ2n) is 9.49. The molecule has 5 N–H and O–H groups in total. The first-order valence-corrected chi connectivity index (χ1v) is 12.7. The number of aromatic amines is 2. The Kier molecular flexibility index (Phi) is 6.95. The van der Waals surface area contributed by atoms with Gasteiger partial charge in [0.25, 0.3) is 0 Å². The van der Waals surface area contributed by atoms with Crippen molar-refractivity contribution in [3.05, 3.63) is 66.4 Å². The van der Waals surface area contributed by atoms with E-state index in [1.807, 2.05) is 0 Å². The monoisotopic (exact) mass is 488 g/mol. The molecule has 36 heavy (non-hydrogen) atoms. The maximum absolute atomic E-state index is 6.15. The maximum Gasteiger partial charge on any atom is 0.159 e. The van der Waals surface area contributed by atoms with Crippen LogP contribution >= 0.6 is 0 Å². The summed E-state index contributed by atoms with van der Waals surface area (Å²) in [6.07, 6.45) is 6.56. The molecule has 5 rings (SSSR count). The van der Waals surface area contributed by atoms with Gasteiger partial charge >= 0.3 is 0 Å². The first-order valence-electron chi connectivity index (χ1n) is 12.7. The Morgan fingerprint density at radius 2 is 1.92 bits per heavy atom. The van der Waals surface area contributed by atoms with Crippen molar-refractivity contribution >= 4 is 23.0 Å². The highest BCUT2D eigenvalue weighted by molar-refractivity contribution is 6.01. The van der Waals surface area contributed by atoms with Crippen molar-refractivity contribution in [1.29, 1.82) is 0 Å². The molecule has 0 unspecified atom stereocenters. The van der Waals surface area contributed by atoms with Gasteiger partial charge in [-0.1, -0.05) is 13.5 Å². The van der Waals surface area contributed by atoms with E-state index in [-0.39, 0.29) is 0 Å². The molecule has 0 aliphatic carbocycles. The van der Waals surface area contributed by atoms with E-state index in [0.717, 1.165) is 36.6 Å². The largest absolute Gasteiger partial charge is 0.382 e. The highest BCUT2D eigenvalue weighted by Gasteiger charge is 2.25. The number of rotatable bonds is 7. The van der Waals surface area contributed by atoms with E-state index < -0.39 is 0 Å². The maximum atomic E-state index is 6.15. The molecule has 1 saturated heterocycles. The van der Waals surface area contributed by atoms with Crippen LogP contribution in [0, 0.1) is 0 Å². The number of nitrogens with zero attached hydrogens (tertiary/aromatic N) is 6. The lowest BCUT2D eigenvalue weighted by Gasteiger charge is -2.37. The number of benzene rings is 1. The van der Waals surface area contributed by atoms with Crippen LogP contribution in [-0.4, -0.2) is 74.8 Å². The van der Waals surface area contributed by atoms with Crippen LogP contribution in [0.15, 0.2) is 54.3 Å². The number of amidine groups is 1. The first kappa shape index (κ1) is 23.9. The van der Waals surface area contributed by atoms with Crippen molar-refractivity contribution in [3.63, 3.8) is 0 Å². The zero-order chi connectivity index (χ0) is 25.1. The average molecular weight is 489 g/mol. The minimum Gasteiger partial charge on any atom is -0.382 e. The fourth-order valence-electron chi connectivity index (χ4n) is 5.10. The highest BCUT2D eigenvalue weighted by atomic mass is 15.2. The molecule has 0 atom stereocenters. The molecule has 0 amide bonds. The summed E-state index contributed by atoms with van der Waals surface area (Å²) in [5.41, 5.74) is 11.2. The zero-order valence-corrected chi connectivity index (χ0v) is 21.2. The number of aliphatic imine (C=N–C) groups is 1. The molecule has 3 aromatic rings. The molecule has 0 spiro atoms. The highest BCUT2D eigenvalue weighted by Crippen LogP contribution is 2.25. The molecule has 2 aliphatic heterocycles. The van der Waals surface area contributed by atoms with Crippen LogP contribution in [0.2, 0.25) is 0 Å². The van der Waals surface area contributed by atoms with Gasteiger partial charge in [-0.3, -0.25) is 0 Å². The van der Waals surface area contributed by atoms with Gasteiger partial charge in [0, 0.05) is 50.5 Å².